The van der Waals surface area contributed by atoms with Crippen molar-refractivity contribution in [2.24, 2.45) is 5.92 Å². The third-order valence-corrected chi connectivity index (χ3v) is 3.97. The van der Waals surface area contributed by atoms with E-state index in [2.05, 4.69) is 36.4 Å². The summed E-state index contributed by atoms with van der Waals surface area (Å²) >= 11 is 0. The van der Waals surface area contributed by atoms with Crippen LogP contribution >= 0.6 is 0 Å². The molecule has 2 aromatic carbocycles. The molecule has 0 aliphatic carbocycles. The van der Waals surface area contributed by atoms with Crippen LogP contribution in [0.15, 0.2) is 54.6 Å². The number of rotatable bonds is 3. The molecule has 2 aromatic rings. The number of likely N-dealkylation sites (tertiary alicyclic amines) is 1. The van der Waals surface area contributed by atoms with E-state index in [-0.39, 0.29) is 11.8 Å². The highest BCUT2D eigenvalue weighted by atomic mass is 16.2. The van der Waals surface area contributed by atoms with E-state index in [1.165, 1.54) is 16.7 Å². The summed E-state index contributed by atoms with van der Waals surface area (Å²) in [7, 11) is 0. The molecular weight excluding hydrogens is 246 g/mol. The van der Waals surface area contributed by atoms with Gasteiger partial charge in [0, 0.05) is 19.0 Å². The van der Waals surface area contributed by atoms with Crippen LogP contribution in [0.4, 0.5) is 0 Å². The molecule has 102 valence electrons. The second-order valence-electron chi connectivity index (χ2n) is 5.52. The van der Waals surface area contributed by atoms with Gasteiger partial charge in [-0.3, -0.25) is 4.79 Å². The van der Waals surface area contributed by atoms with Gasteiger partial charge in [0.1, 0.15) is 0 Å². The summed E-state index contributed by atoms with van der Waals surface area (Å²) in [5, 5.41) is 0. The van der Waals surface area contributed by atoms with E-state index in [0.717, 1.165) is 19.5 Å². The number of carbonyl (C=O) groups is 1. The summed E-state index contributed by atoms with van der Waals surface area (Å²) in [6.45, 7) is 3.63. The first kappa shape index (κ1) is 12.9. The number of nitrogens with zero attached hydrogens (tertiary/aromatic N) is 1. The highest BCUT2D eigenvalue weighted by Gasteiger charge is 2.27. The molecule has 3 rings (SSSR count). The van der Waals surface area contributed by atoms with Crippen LogP contribution < -0.4 is 0 Å². The van der Waals surface area contributed by atoms with Crippen molar-refractivity contribution >= 4 is 5.91 Å². The predicted molar refractivity (Wildman–Crippen MR) is 81.1 cm³/mol. The molecule has 0 saturated carbocycles. The van der Waals surface area contributed by atoms with E-state index >= 15 is 0 Å². The lowest BCUT2D eigenvalue weighted by molar-refractivity contribution is -0.131. The standard InChI is InChI=1S/C18H19NO/c1-14-10-11-19(18(14)20)13-15-6-5-9-17(12-15)16-7-3-2-4-8-16/h2-9,12,14H,10-11,13H2,1H3. The normalized spacial score (nSPS) is 18.6. The molecule has 1 saturated heterocycles. The average molecular weight is 265 g/mol. The van der Waals surface area contributed by atoms with Crippen LogP contribution in [-0.4, -0.2) is 17.4 Å². The van der Waals surface area contributed by atoms with E-state index in [1.807, 2.05) is 30.0 Å². The zero-order chi connectivity index (χ0) is 13.9. The van der Waals surface area contributed by atoms with Gasteiger partial charge in [-0.1, -0.05) is 55.5 Å². The third-order valence-electron chi connectivity index (χ3n) is 3.97. The van der Waals surface area contributed by atoms with Gasteiger partial charge in [0.25, 0.3) is 0 Å². The fraction of sp³-hybridized carbons (Fsp3) is 0.278. The Labute approximate surface area is 120 Å². The van der Waals surface area contributed by atoms with Crippen molar-refractivity contribution in [2.75, 3.05) is 6.54 Å². The minimum absolute atomic E-state index is 0.187. The second-order valence-corrected chi connectivity index (χ2v) is 5.52. The molecule has 1 aliphatic rings. The van der Waals surface area contributed by atoms with Gasteiger partial charge in [0.2, 0.25) is 5.91 Å². The zero-order valence-electron chi connectivity index (χ0n) is 11.8. The Kier molecular flexibility index (Phi) is 3.55. The Balaban J connectivity index is 1.80. The van der Waals surface area contributed by atoms with Gasteiger partial charge in [-0.05, 0) is 29.2 Å². The maximum Gasteiger partial charge on any atom is 0.225 e. The number of benzene rings is 2. The number of hydrogen-bond acceptors (Lipinski definition) is 1. The minimum atomic E-state index is 0.187. The number of carbonyl (C=O) groups excluding carboxylic acids is 1. The van der Waals surface area contributed by atoms with Crippen molar-refractivity contribution in [3.05, 3.63) is 60.2 Å². The van der Waals surface area contributed by atoms with Gasteiger partial charge in [-0.2, -0.15) is 0 Å². The molecule has 1 aliphatic heterocycles. The predicted octanol–water partition coefficient (Wildman–Crippen LogP) is 3.72. The Morgan fingerprint density at radius 1 is 1.05 bits per heavy atom. The summed E-state index contributed by atoms with van der Waals surface area (Å²) in [5.41, 5.74) is 3.63. The van der Waals surface area contributed by atoms with E-state index in [4.69, 9.17) is 0 Å². The molecule has 1 unspecified atom stereocenters. The second kappa shape index (κ2) is 5.49. The Bertz CT molecular complexity index is 606. The van der Waals surface area contributed by atoms with Gasteiger partial charge in [0.05, 0.1) is 0 Å². The minimum Gasteiger partial charge on any atom is -0.338 e. The van der Waals surface area contributed by atoms with Gasteiger partial charge in [-0.15, -0.1) is 0 Å². The monoisotopic (exact) mass is 265 g/mol. The van der Waals surface area contributed by atoms with Crippen LogP contribution in [0, 0.1) is 5.92 Å². The molecule has 1 fully saturated rings. The van der Waals surface area contributed by atoms with E-state index < -0.39 is 0 Å². The van der Waals surface area contributed by atoms with Crippen LogP contribution in [0.1, 0.15) is 18.9 Å². The lowest BCUT2D eigenvalue weighted by atomic mass is 10.0. The molecule has 0 radical (unpaired) electrons. The van der Waals surface area contributed by atoms with Crippen molar-refractivity contribution in [3.63, 3.8) is 0 Å². The third kappa shape index (κ3) is 2.60. The topological polar surface area (TPSA) is 20.3 Å². The molecule has 2 heteroatoms. The molecular formula is C18H19NO. The zero-order valence-corrected chi connectivity index (χ0v) is 11.8. The van der Waals surface area contributed by atoms with Crippen molar-refractivity contribution in [1.82, 2.24) is 4.90 Å². The highest BCUT2D eigenvalue weighted by molar-refractivity contribution is 5.80. The van der Waals surface area contributed by atoms with Crippen molar-refractivity contribution in [1.29, 1.82) is 0 Å². The molecule has 0 bridgehead atoms. The van der Waals surface area contributed by atoms with Gasteiger partial charge < -0.3 is 4.90 Å². The van der Waals surface area contributed by atoms with Crippen molar-refractivity contribution < 1.29 is 4.79 Å². The van der Waals surface area contributed by atoms with Crippen molar-refractivity contribution in [2.45, 2.75) is 19.9 Å². The first-order valence-electron chi connectivity index (χ1n) is 7.17. The smallest absolute Gasteiger partial charge is 0.225 e. The fourth-order valence-electron chi connectivity index (χ4n) is 2.75. The Hall–Kier alpha value is -2.09. The highest BCUT2D eigenvalue weighted by Crippen LogP contribution is 2.23. The largest absolute Gasteiger partial charge is 0.338 e. The van der Waals surface area contributed by atoms with Crippen LogP contribution in [0.2, 0.25) is 0 Å². The van der Waals surface area contributed by atoms with E-state index in [1.54, 1.807) is 0 Å². The van der Waals surface area contributed by atoms with Crippen LogP contribution in [0.5, 0.6) is 0 Å². The van der Waals surface area contributed by atoms with Crippen LogP contribution in [-0.2, 0) is 11.3 Å². The van der Waals surface area contributed by atoms with Crippen LogP contribution in [0.25, 0.3) is 11.1 Å². The summed E-state index contributed by atoms with van der Waals surface area (Å²) in [6, 6.07) is 18.8. The summed E-state index contributed by atoms with van der Waals surface area (Å²) in [4.78, 5) is 14.0. The quantitative estimate of drug-likeness (QED) is 0.828. The Morgan fingerprint density at radius 3 is 2.50 bits per heavy atom. The molecule has 0 N–H and O–H groups in total. The number of amides is 1. The molecule has 1 amide bonds. The fourth-order valence-corrected chi connectivity index (χ4v) is 2.75. The first-order chi connectivity index (χ1) is 9.74. The van der Waals surface area contributed by atoms with Crippen molar-refractivity contribution in [3.8, 4) is 11.1 Å². The first-order valence-corrected chi connectivity index (χ1v) is 7.17. The Morgan fingerprint density at radius 2 is 1.80 bits per heavy atom. The molecule has 1 atom stereocenters. The van der Waals surface area contributed by atoms with E-state index in [0.29, 0.717) is 0 Å². The van der Waals surface area contributed by atoms with Gasteiger partial charge >= 0.3 is 0 Å². The lowest BCUT2D eigenvalue weighted by Crippen LogP contribution is -2.26. The number of hydrogen-bond donors (Lipinski definition) is 0. The maximum atomic E-state index is 12.0. The molecule has 20 heavy (non-hydrogen) atoms. The van der Waals surface area contributed by atoms with Crippen LogP contribution in [0.3, 0.4) is 0 Å². The van der Waals surface area contributed by atoms with E-state index in [9.17, 15) is 4.79 Å². The van der Waals surface area contributed by atoms with Gasteiger partial charge in [0.15, 0.2) is 0 Å². The summed E-state index contributed by atoms with van der Waals surface area (Å²) < 4.78 is 0. The van der Waals surface area contributed by atoms with Gasteiger partial charge in [-0.25, -0.2) is 0 Å². The molecule has 0 aromatic heterocycles. The molecule has 2 nitrogen and oxygen atoms in total. The lowest BCUT2D eigenvalue weighted by Gasteiger charge is -2.16. The average Bonchev–Trinajstić information content (AvgIpc) is 2.81. The summed E-state index contributed by atoms with van der Waals surface area (Å²) in [5.74, 6) is 0.474. The SMILES string of the molecule is CC1CCN(Cc2cccc(-c3ccccc3)c2)C1=O. The maximum absolute atomic E-state index is 12.0. The summed E-state index contributed by atoms with van der Waals surface area (Å²) in [6.07, 6.45) is 0.983. The molecule has 0 spiro atoms. The molecule has 1 heterocycles.